The second-order valence-electron chi connectivity index (χ2n) is 4.93. The van der Waals surface area contributed by atoms with Crippen LogP contribution in [0.2, 0.25) is 0 Å². The van der Waals surface area contributed by atoms with E-state index >= 15 is 0 Å². The molecule has 1 aliphatic heterocycles. The van der Waals surface area contributed by atoms with Crippen LogP contribution in [0.15, 0.2) is 0 Å². The number of hydrogen-bond acceptors (Lipinski definition) is 4. The molecule has 0 radical (unpaired) electrons. The summed E-state index contributed by atoms with van der Waals surface area (Å²) in [6.45, 7) is 0.128. The summed E-state index contributed by atoms with van der Waals surface area (Å²) in [5.74, 6) is -0.653. The molecule has 1 saturated heterocycles. The molecule has 0 aromatic carbocycles. The third-order valence-corrected chi connectivity index (χ3v) is 3.47. The number of piperidine rings is 1. The molecule has 3 N–H and O–H groups in total. The van der Waals surface area contributed by atoms with Crippen molar-refractivity contribution in [3.63, 3.8) is 0 Å². The molecule has 6 heteroatoms. The molecule has 2 rings (SSSR count). The third kappa shape index (κ3) is 3.53. The molecule has 18 heavy (non-hydrogen) atoms. The molecule has 6 nitrogen and oxygen atoms in total. The lowest BCUT2D eigenvalue weighted by Crippen LogP contribution is -2.53. The zero-order valence-electron chi connectivity index (χ0n) is 10.3. The molecule has 100 valence electrons. The molecule has 0 bridgehead atoms. The zero-order chi connectivity index (χ0) is 13.0. The van der Waals surface area contributed by atoms with E-state index in [1.54, 1.807) is 0 Å². The molecule has 1 aliphatic carbocycles. The van der Waals surface area contributed by atoms with Gasteiger partial charge >= 0.3 is 0 Å². The van der Waals surface area contributed by atoms with E-state index in [4.69, 9.17) is 0 Å². The Kier molecular flexibility index (Phi) is 4.30. The van der Waals surface area contributed by atoms with Gasteiger partial charge in [0, 0.05) is 12.5 Å². The Bertz CT molecular complexity index is 350. The quantitative estimate of drug-likeness (QED) is 0.586. The van der Waals surface area contributed by atoms with Crippen molar-refractivity contribution in [1.82, 2.24) is 16.0 Å². The topological polar surface area (TPSA) is 87.3 Å². The highest BCUT2D eigenvalue weighted by Crippen LogP contribution is 2.17. The van der Waals surface area contributed by atoms with Crippen molar-refractivity contribution in [2.24, 2.45) is 0 Å². The van der Waals surface area contributed by atoms with Gasteiger partial charge in [-0.15, -0.1) is 0 Å². The highest BCUT2D eigenvalue weighted by Gasteiger charge is 2.26. The molecular formula is C12H19N3O3. The van der Waals surface area contributed by atoms with Crippen molar-refractivity contribution in [3.05, 3.63) is 0 Å². The van der Waals surface area contributed by atoms with Gasteiger partial charge in [0.1, 0.15) is 0 Å². The Hall–Kier alpha value is -1.43. The van der Waals surface area contributed by atoms with Crippen molar-refractivity contribution in [3.8, 4) is 0 Å². The summed E-state index contributed by atoms with van der Waals surface area (Å²) in [6.07, 6.45) is 5.22. The first-order valence-electron chi connectivity index (χ1n) is 6.51. The predicted molar refractivity (Wildman–Crippen MR) is 64.6 cm³/mol. The van der Waals surface area contributed by atoms with E-state index in [1.807, 2.05) is 0 Å². The first kappa shape index (κ1) is 13.0. The Morgan fingerprint density at radius 2 is 1.94 bits per heavy atom. The summed E-state index contributed by atoms with van der Waals surface area (Å²) in [5, 5.41) is 8.09. The highest BCUT2D eigenvalue weighted by atomic mass is 16.2. The lowest BCUT2D eigenvalue weighted by atomic mass is 10.1. The van der Waals surface area contributed by atoms with E-state index in [0.717, 1.165) is 12.8 Å². The molecule has 1 unspecified atom stereocenters. The van der Waals surface area contributed by atoms with E-state index in [-0.39, 0.29) is 24.3 Å². The lowest BCUT2D eigenvalue weighted by molar-refractivity contribution is -0.134. The van der Waals surface area contributed by atoms with E-state index in [1.165, 1.54) is 12.8 Å². The van der Waals surface area contributed by atoms with Gasteiger partial charge in [0.25, 0.3) is 0 Å². The van der Waals surface area contributed by atoms with Gasteiger partial charge in [0.15, 0.2) is 0 Å². The number of nitrogens with one attached hydrogen (secondary N) is 3. The van der Waals surface area contributed by atoms with Gasteiger partial charge in [-0.2, -0.15) is 0 Å². The number of amides is 3. The molecule has 0 spiro atoms. The standard InChI is InChI=1S/C12H19N3O3/c16-10-6-5-9(12(18)15-10)13-7-11(17)14-8-3-1-2-4-8/h8-9,13H,1-7H2,(H,14,17)(H,15,16,18). The summed E-state index contributed by atoms with van der Waals surface area (Å²) in [4.78, 5) is 34.0. The summed E-state index contributed by atoms with van der Waals surface area (Å²) in [5.41, 5.74) is 0. The summed E-state index contributed by atoms with van der Waals surface area (Å²) in [7, 11) is 0. The summed E-state index contributed by atoms with van der Waals surface area (Å²) < 4.78 is 0. The van der Waals surface area contributed by atoms with Crippen LogP contribution in [0.3, 0.4) is 0 Å². The van der Waals surface area contributed by atoms with Gasteiger partial charge in [-0.05, 0) is 19.3 Å². The van der Waals surface area contributed by atoms with Crippen LogP contribution >= 0.6 is 0 Å². The van der Waals surface area contributed by atoms with E-state index in [0.29, 0.717) is 18.9 Å². The number of rotatable bonds is 4. The van der Waals surface area contributed by atoms with Crippen molar-refractivity contribution >= 4 is 17.7 Å². The minimum Gasteiger partial charge on any atom is -0.352 e. The number of carbonyl (C=O) groups excluding carboxylic acids is 3. The van der Waals surface area contributed by atoms with Crippen molar-refractivity contribution < 1.29 is 14.4 Å². The van der Waals surface area contributed by atoms with E-state index in [9.17, 15) is 14.4 Å². The average molecular weight is 253 g/mol. The van der Waals surface area contributed by atoms with Gasteiger partial charge in [0.2, 0.25) is 17.7 Å². The smallest absolute Gasteiger partial charge is 0.243 e. The monoisotopic (exact) mass is 253 g/mol. The maximum absolute atomic E-state index is 11.6. The van der Waals surface area contributed by atoms with Gasteiger partial charge in [-0.25, -0.2) is 0 Å². The van der Waals surface area contributed by atoms with Crippen LogP contribution in [0.1, 0.15) is 38.5 Å². The molecule has 1 heterocycles. The molecule has 0 aromatic rings. The van der Waals surface area contributed by atoms with Crippen LogP contribution in [0, 0.1) is 0 Å². The molecule has 1 atom stereocenters. The molecule has 2 fully saturated rings. The van der Waals surface area contributed by atoms with Crippen LogP contribution in [0.5, 0.6) is 0 Å². The fourth-order valence-corrected chi connectivity index (χ4v) is 2.45. The van der Waals surface area contributed by atoms with Crippen LogP contribution in [-0.2, 0) is 14.4 Å². The second kappa shape index (κ2) is 5.95. The highest BCUT2D eigenvalue weighted by molar-refractivity contribution is 6.00. The van der Waals surface area contributed by atoms with Crippen LogP contribution in [0.4, 0.5) is 0 Å². The lowest BCUT2D eigenvalue weighted by Gasteiger charge is -2.22. The van der Waals surface area contributed by atoms with E-state index < -0.39 is 6.04 Å². The fraction of sp³-hybridized carbons (Fsp3) is 0.750. The van der Waals surface area contributed by atoms with Crippen molar-refractivity contribution in [2.45, 2.75) is 50.6 Å². The minimum atomic E-state index is -0.433. The largest absolute Gasteiger partial charge is 0.352 e. The number of carbonyl (C=O) groups is 3. The van der Waals surface area contributed by atoms with E-state index in [2.05, 4.69) is 16.0 Å². The Balaban J connectivity index is 1.68. The maximum Gasteiger partial charge on any atom is 0.243 e. The molecule has 3 amide bonds. The Morgan fingerprint density at radius 3 is 2.61 bits per heavy atom. The van der Waals surface area contributed by atoms with Gasteiger partial charge in [-0.3, -0.25) is 25.0 Å². The Morgan fingerprint density at radius 1 is 1.22 bits per heavy atom. The normalized spacial score (nSPS) is 25.0. The summed E-state index contributed by atoms with van der Waals surface area (Å²) in [6, 6.07) is -0.141. The molecule has 0 aromatic heterocycles. The second-order valence-corrected chi connectivity index (χ2v) is 4.93. The fourth-order valence-electron chi connectivity index (χ4n) is 2.45. The number of imide groups is 1. The molecule has 1 saturated carbocycles. The SMILES string of the molecule is O=C1CCC(NCC(=O)NC2CCCC2)C(=O)N1. The molecule has 2 aliphatic rings. The molecular weight excluding hydrogens is 234 g/mol. The van der Waals surface area contributed by atoms with Crippen LogP contribution < -0.4 is 16.0 Å². The van der Waals surface area contributed by atoms with Gasteiger partial charge in [0.05, 0.1) is 12.6 Å². The van der Waals surface area contributed by atoms with Gasteiger partial charge in [-0.1, -0.05) is 12.8 Å². The van der Waals surface area contributed by atoms with Crippen LogP contribution in [-0.4, -0.2) is 36.3 Å². The first-order chi connectivity index (χ1) is 8.65. The van der Waals surface area contributed by atoms with Crippen molar-refractivity contribution in [1.29, 1.82) is 0 Å². The maximum atomic E-state index is 11.6. The summed E-state index contributed by atoms with van der Waals surface area (Å²) >= 11 is 0. The first-order valence-corrected chi connectivity index (χ1v) is 6.51. The van der Waals surface area contributed by atoms with Crippen molar-refractivity contribution in [2.75, 3.05) is 6.54 Å². The number of hydrogen-bond donors (Lipinski definition) is 3. The van der Waals surface area contributed by atoms with Crippen LogP contribution in [0.25, 0.3) is 0 Å². The third-order valence-electron chi connectivity index (χ3n) is 3.47. The zero-order valence-corrected chi connectivity index (χ0v) is 10.3. The van der Waals surface area contributed by atoms with Gasteiger partial charge < -0.3 is 5.32 Å². The Labute approximate surface area is 106 Å². The average Bonchev–Trinajstić information content (AvgIpc) is 2.80. The predicted octanol–water partition coefficient (Wildman–Crippen LogP) is -0.560. The minimum absolute atomic E-state index is 0.0772.